The second-order valence-corrected chi connectivity index (χ2v) is 7.21. The third kappa shape index (κ3) is 4.14. The fourth-order valence-electron chi connectivity index (χ4n) is 2.31. The number of hydrogen-bond acceptors (Lipinski definition) is 4. The van der Waals surface area contributed by atoms with Gasteiger partial charge < -0.3 is 10.4 Å². The molecule has 24 heavy (non-hydrogen) atoms. The number of hydrogen-bond donors (Lipinski definition) is 2. The van der Waals surface area contributed by atoms with E-state index in [0.29, 0.717) is 0 Å². The number of halogens is 1. The molecule has 0 aliphatic rings. The van der Waals surface area contributed by atoms with Crippen LogP contribution in [0.5, 0.6) is 0 Å². The molecule has 0 saturated carbocycles. The van der Waals surface area contributed by atoms with Crippen LogP contribution in [0.15, 0.2) is 58.8 Å². The molecule has 0 aliphatic heterocycles. The Hall–Kier alpha value is -1.89. The zero-order chi connectivity index (χ0) is 16.9. The monoisotopic (exact) mass is 361 g/mol. The van der Waals surface area contributed by atoms with Gasteiger partial charge in [-0.05, 0) is 41.1 Å². The molecule has 2 aromatic carbocycles. The molecule has 0 radical (unpaired) electrons. The van der Waals surface area contributed by atoms with Crippen LogP contribution in [0.25, 0.3) is 10.1 Å². The first-order valence-corrected chi connectivity index (χ1v) is 9.29. The van der Waals surface area contributed by atoms with Gasteiger partial charge in [0.15, 0.2) is 0 Å². The van der Waals surface area contributed by atoms with E-state index in [2.05, 4.69) is 5.32 Å². The lowest BCUT2D eigenvalue weighted by atomic mass is 10.1. The first-order chi connectivity index (χ1) is 11.6. The van der Waals surface area contributed by atoms with Gasteiger partial charge in [-0.2, -0.15) is 0 Å². The summed E-state index contributed by atoms with van der Waals surface area (Å²) in [5, 5.41) is 16.0. The van der Waals surface area contributed by atoms with Gasteiger partial charge in [-0.25, -0.2) is 4.39 Å². The van der Waals surface area contributed by atoms with Gasteiger partial charge >= 0.3 is 0 Å². The van der Waals surface area contributed by atoms with Crippen LogP contribution >= 0.6 is 23.1 Å². The Kier molecular flexibility index (Phi) is 5.50. The van der Waals surface area contributed by atoms with Crippen LogP contribution in [0, 0.1) is 5.82 Å². The number of aliphatic hydroxyl groups is 1. The first kappa shape index (κ1) is 17.0. The van der Waals surface area contributed by atoms with Crippen LogP contribution in [0.1, 0.15) is 11.7 Å². The van der Waals surface area contributed by atoms with E-state index >= 15 is 0 Å². The lowest BCUT2D eigenvalue weighted by molar-refractivity contribution is -0.119. The Morgan fingerprint density at radius 3 is 2.75 bits per heavy atom. The van der Waals surface area contributed by atoms with Gasteiger partial charge in [-0.3, -0.25) is 4.79 Å². The SMILES string of the molecule is O=C(CSc1ccc(F)cc1)NCC(O)c1csc2ccccc12. The number of fused-ring (bicyclic) bond motifs is 1. The third-order valence-corrected chi connectivity index (χ3v) is 5.54. The summed E-state index contributed by atoms with van der Waals surface area (Å²) in [5.74, 6) is -0.235. The number of thiophene rings is 1. The zero-order valence-electron chi connectivity index (χ0n) is 12.7. The molecule has 1 unspecified atom stereocenters. The number of carbonyl (C=O) groups excluding carboxylic acids is 1. The second-order valence-electron chi connectivity index (χ2n) is 5.25. The molecule has 3 nitrogen and oxygen atoms in total. The molecule has 124 valence electrons. The molecular weight excluding hydrogens is 345 g/mol. The van der Waals surface area contributed by atoms with Crippen molar-refractivity contribution in [1.29, 1.82) is 0 Å². The average Bonchev–Trinajstić information content (AvgIpc) is 3.03. The van der Waals surface area contributed by atoms with Crippen molar-refractivity contribution in [3.05, 3.63) is 65.3 Å². The minimum Gasteiger partial charge on any atom is -0.387 e. The fraction of sp³-hybridized carbons (Fsp3) is 0.167. The number of thioether (sulfide) groups is 1. The molecule has 3 rings (SSSR count). The Labute approximate surface area is 147 Å². The molecule has 6 heteroatoms. The number of nitrogens with one attached hydrogen (secondary N) is 1. The van der Waals surface area contributed by atoms with Crippen molar-refractivity contribution in [2.75, 3.05) is 12.3 Å². The zero-order valence-corrected chi connectivity index (χ0v) is 14.4. The summed E-state index contributed by atoms with van der Waals surface area (Å²) in [6, 6.07) is 13.9. The van der Waals surface area contributed by atoms with Gasteiger partial charge in [0.25, 0.3) is 0 Å². The van der Waals surface area contributed by atoms with Crippen molar-refractivity contribution in [1.82, 2.24) is 5.32 Å². The molecule has 1 atom stereocenters. The smallest absolute Gasteiger partial charge is 0.230 e. The lowest BCUT2D eigenvalue weighted by Crippen LogP contribution is -2.29. The second kappa shape index (κ2) is 7.79. The Bertz CT molecular complexity index is 832. The van der Waals surface area contributed by atoms with Crippen molar-refractivity contribution in [2.24, 2.45) is 0 Å². The van der Waals surface area contributed by atoms with E-state index in [1.54, 1.807) is 23.5 Å². The van der Waals surface area contributed by atoms with Crippen LogP contribution in [-0.4, -0.2) is 23.3 Å². The average molecular weight is 361 g/mol. The van der Waals surface area contributed by atoms with Crippen LogP contribution in [-0.2, 0) is 4.79 Å². The van der Waals surface area contributed by atoms with E-state index in [4.69, 9.17) is 0 Å². The molecule has 3 aromatic rings. The Balaban J connectivity index is 1.51. The Morgan fingerprint density at radius 1 is 1.21 bits per heavy atom. The molecule has 1 heterocycles. The number of aliphatic hydroxyl groups excluding tert-OH is 1. The summed E-state index contributed by atoms with van der Waals surface area (Å²) in [4.78, 5) is 12.7. The maximum atomic E-state index is 12.8. The maximum Gasteiger partial charge on any atom is 0.230 e. The van der Waals surface area contributed by atoms with Gasteiger partial charge in [0.2, 0.25) is 5.91 Å². The highest BCUT2D eigenvalue weighted by atomic mass is 32.2. The predicted octanol–water partition coefficient (Wildman–Crippen LogP) is 3.98. The molecule has 0 aliphatic carbocycles. The minimum absolute atomic E-state index is 0.164. The lowest BCUT2D eigenvalue weighted by Gasteiger charge is -2.11. The van der Waals surface area contributed by atoms with Gasteiger partial charge in [0, 0.05) is 21.7 Å². The number of benzene rings is 2. The van der Waals surface area contributed by atoms with Crippen molar-refractivity contribution in [3.63, 3.8) is 0 Å². The Morgan fingerprint density at radius 2 is 1.96 bits per heavy atom. The molecule has 0 saturated heterocycles. The van der Waals surface area contributed by atoms with E-state index in [9.17, 15) is 14.3 Å². The van der Waals surface area contributed by atoms with Crippen LogP contribution in [0.4, 0.5) is 4.39 Å². The summed E-state index contributed by atoms with van der Waals surface area (Å²) in [6.45, 7) is 0.170. The highest BCUT2D eigenvalue weighted by molar-refractivity contribution is 8.00. The van der Waals surface area contributed by atoms with Crippen LogP contribution in [0.3, 0.4) is 0 Å². The number of carbonyl (C=O) groups is 1. The highest BCUT2D eigenvalue weighted by Crippen LogP contribution is 2.29. The van der Waals surface area contributed by atoms with Gasteiger partial charge in [0.1, 0.15) is 5.82 Å². The van der Waals surface area contributed by atoms with Crippen molar-refractivity contribution < 1.29 is 14.3 Å². The maximum absolute atomic E-state index is 12.8. The van der Waals surface area contributed by atoms with Crippen LogP contribution < -0.4 is 5.32 Å². The third-order valence-electron chi connectivity index (χ3n) is 3.55. The number of rotatable bonds is 6. The van der Waals surface area contributed by atoms with E-state index in [1.165, 1.54) is 23.9 Å². The minimum atomic E-state index is -0.735. The van der Waals surface area contributed by atoms with E-state index in [1.807, 2.05) is 29.6 Å². The standard InChI is InChI=1S/C18H16FNO2S2/c19-12-5-7-13(8-6-12)23-11-18(22)20-9-16(21)15-10-24-17-4-2-1-3-14(15)17/h1-8,10,16,21H,9,11H2,(H,20,22). The quantitative estimate of drug-likeness (QED) is 0.653. The topological polar surface area (TPSA) is 49.3 Å². The highest BCUT2D eigenvalue weighted by Gasteiger charge is 2.14. The van der Waals surface area contributed by atoms with Crippen molar-refractivity contribution in [3.8, 4) is 0 Å². The summed E-state index contributed by atoms with van der Waals surface area (Å²) in [5.41, 5.74) is 0.835. The summed E-state index contributed by atoms with van der Waals surface area (Å²) in [7, 11) is 0. The molecule has 0 bridgehead atoms. The summed E-state index contributed by atoms with van der Waals surface area (Å²) in [6.07, 6.45) is -0.735. The van der Waals surface area contributed by atoms with E-state index in [-0.39, 0.29) is 24.0 Å². The molecule has 1 aromatic heterocycles. The summed E-state index contributed by atoms with van der Waals surface area (Å²) < 4.78 is 13.9. The van der Waals surface area contributed by atoms with Crippen molar-refractivity contribution >= 4 is 39.1 Å². The fourth-order valence-corrected chi connectivity index (χ4v) is 4.04. The van der Waals surface area contributed by atoms with E-state index < -0.39 is 6.10 Å². The molecule has 2 N–H and O–H groups in total. The van der Waals surface area contributed by atoms with Crippen molar-refractivity contribution in [2.45, 2.75) is 11.0 Å². The first-order valence-electron chi connectivity index (χ1n) is 7.43. The van der Waals surface area contributed by atoms with Gasteiger partial charge in [0.05, 0.1) is 11.9 Å². The molecular formula is C18H16FNO2S2. The summed E-state index contributed by atoms with van der Waals surface area (Å²) >= 11 is 2.91. The normalized spacial score (nSPS) is 12.2. The van der Waals surface area contributed by atoms with E-state index in [0.717, 1.165) is 20.5 Å². The predicted molar refractivity (Wildman–Crippen MR) is 96.9 cm³/mol. The molecule has 0 fully saturated rings. The molecule has 1 amide bonds. The molecule has 0 spiro atoms. The van der Waals surface area contributed by atoms with Gasteiger partial charge in [-0.15, -0.1) is 23.1 Å². The van der Waals surface area contributed by atoms with Gasteiger partial charge in [-0.1, -0.05) is 18.2 Å². The number of amides is 1. The largest absolute Gasteiger partial charge is 0.387 e. The van der Waals surface area contributed by atoms with Crippen LogP contribution in [0.2, 0.25) is 0 Å².